The second-order valence-corrected chi connectivity index (χ2v) is 5.69. The van der Waals surface area contributed by atoms with Crippen molar-refractivity contribution < 1.29 is 5.11 Å². The van der Waals surface area contributed by atoms with Gasteiger partial charge in [0, 0.05) is 12.6 Å². The van der Waals surface area contributed by atoms with Crippen molar-refractivity contribution in [2.45, 2.75) is 59.1 Å². The smallest absolute Gasteiger partial charge is 0.0743 e. The zero-order chi connectivity index (χ0) is 13.8. The minimum atomic E-state index is -0.608. The summed E-state index contributed by atoms with van der Waals surface area (Å²) in [6.07, 6.45) is 1.84. The Hall–Kier alpha value is -0.860. The Bertz CT molecular complexity index is 385. The summed E-state index contributed by atoms with van der Waals surface area (Å²) in [6, 6.07) is 6.82. The van der Waals surface area contributed by atoms with Crippen LogP contribution in [0.3, 0.4) is 0 Å². The largest absolute Gasteiger partial charge is 0.389 e. The zero-order valence-electron chi connectivity index (χ0n) is 12.4. The summed E-state index contributed by atoms with van der Waals surface area (Å²) < 4.78 is 0. The molecule has 0 saturated carbocycles. The normalized spacial score (nSPS) is 16.3. The summed E-state index contributed by atoms with van der Waals surface area (Å²) >= 11 is 0. The van der Waals surface area contributed by atoms with Crippen LogP contribution >= 0.6 is 0 Å². The molecule has 0 saturated heterocycles. The van der Waals surface area contributed by atoms with Gasteiger partial charge in [0.25, 0.3) is 0 Å². The van der Waals surface area contributed by atoms with E-state index < -0.39 is 5.60 Å². The third-order valence-electron chi connectivity index (χ3n) is 3.61. The van der Waals surface area contributed by atoms with Gasteiger partial charge in [-0.05, 0) is 50.8 Å². The van der Waals surface area contributed by atoms with E-state index in [1.165, 1.54) is 16.7 Å². The Morgan fingerprint density at radius 2 is 1.94 bits per heavy atom. The first kappa shape index (κ1) is 15.2. The van der Waals surface area contributed by atoms with E-state index in [0.29, 0.717) is 6.54 Å². The Labute approximate surface area is 111 Å². The fourth-order valence-corrected chi connectivity index (χ4v) is 2.15. The van der Waals surface area contributed by atoms with Crippen LogP contribution in [0, 0.1) is 13.8 Å². The number of benzene rings is 1. The van der Waals surface area contributed by atoms with E-state index in [2.05, 4.69) is 51.2 Å². The van der Waals surface area contributed by atoms with Gasteiger partial charge in [-0.3, -0.25) is 0 Å². The molecule has 2 heteroatoms. The van der Waals surface area contributed by atoms with Gasteiger partial charge in [0.05, 0.1) is 5.60 Å². The average molecular weight is 249 g/mol. The van der Waals surface area contributed by atoms with Crippen molar-refractivity contribution in [3.05, 3.63) is 34.9 Å². The van der Waals surface area contributed by atoms with Crippen LogP contribution in [0.5, 0.6) is 0 Å². The molecule has 0 heterocycles. The highest BCUT2D eigenvalue weighted by atomic mass is 16.3. The second kappa shape index (κ2) is 6.35. The Morgan fingerprint density at radius 3 is 2.50 bits per heavy atom. The maximum absolute atomic E-state index is 10.1. The molecule has 2 N–H and O–H groups in total. The molecule has 0 aliphatic rings. The van der Waals surface area contributed by atoms with Crippen molar-refractivity contribution >= 4 is 0 Å². The first-order valence-electron chi connectivity index (χ1n) is 6.88. The maximum Gasteiger partial charge on any atom is 0.0743 e. The number of rotatable bonds is 6. The number of hydrogen-bond donors (Lipinski definition) is 2. The van der Waals surface area contributed by atoms with Crippen LogP contribution in [0.2, 0.25) is 0 Å². The van der Waals surface area contributed by atoms with Crippen molar-refractivity contribution in [2.75, 3.05) is 6.54 Å². The Balaban J connectivity index is 2.60. The average Bonchev–Trinajstić information content (AvgIpc) is 2.30. The van der Waals surface area contributed by atoms with Crippen molar-refractivity contribution in [1.29, 1.82) is 0 Å². The molecule has 1 rings (SSSR count). The first-order chi connectivity index (χ1) is 8.35. The van der Waals surface area contributed by atoms with Crippen LogP contribution in [-0.2, 0) is 0 Å². The Kier molecular flexibility index (Phi) is 5.36. The van der Waals surface area contributed by atoms with Crippen LogP contribution in [0.4, 0.5) is 0 Å². The number of nitrogens with one attached hydrogen (secondary N) is 1. The fraction of sp³-hybridized carbons (Fsp3) is 0.625. The number of aliphatic hydroxyl groups is 1. The lowest BCUT2D eigenvalue weighted by Crippen LogP contribution is -2.38. The molecule has 1 aromatic carbocycles. The van der Waals surface area contributed by atoms with Gasteiger partial charge >= 0.3 is 0 Å². The first-order valence-corrected chi connectivity index (χ1v) is 6.88. The lowest BCUT2D eigenvalue weighted by molar-refractivity contribution is 0.0477. The molecule has 1 aromatic rings. The molecule has 0 radical (unpaired) electrons. The molecule has 0 aliphatic carbocycles. The predicted octanol–water partition coefficient (Wildman–Crippen LogP) is 3.51. The van der Waals surface area contributed by atoms with Crippen LogP contribution < -0.4 is 5.32 Å². The summed E-state index contributed by atoms with van der Waals surface area (Å²) in [5.41, 5.74) is 3.32. The monoisotopic (exact) mass is 249 g/mol. The lowest BCUT2D eigenvalue weighted by Gasteiger charge is -2.26. The second-order valence-electron chi connectivity index (χ2n) is 5.69. The molecule has 0 fully saturated rings. The summed E-state index contributed by atoms with van der Waals surface area (Å²) in [7, 11) is 0. The molecule has 0 aliphatic heterocycles. The molecule has 2 nitrogen and oxygen atoms in total. The highest BCUT2D eigenvalue weighted by Gasteiger charge is 2.19. The summed E-state index contributed by atoms with van der Waals surface area (Å²) in [5, 5.41) is 13.6. The third kappa shape index (κ3) is 4.43. The van der Waals surface area contributed by atoms with Gasteiger partial charge in [0.15, 0.2) is 0 Å². The quantitative estimate of drug-likeness (QED) is 0.808. The van der Waals surface area contributed by atoms with Gasteiger partial charge in [-0.25, -0.2) is 0 Å². The van der Waals surface area contributed by atoms with Gasteiger partial charge < -0.3 is 10.4 Å². The van der Waals surface area contributed by atoms with E-state index in [9.17, 15) is 5.11 Å². The van der Waals surface area contributed by atoms with Crippen LogP contribution in [0.15, 0.2) is 18.2 Å². The van der Waals surface area contributed by atoms with Crippen molar-refractivity contribution in [3.8, 4) is 0 Å². The predicted molar refractivity (Wildman–Crippen MR) is 77.9 cm³/mol. The van der Waals surface area contributed by atoms with Crippen molar-refractivity contribution in [1.82, 2.24) is 5.32 Å². The summed E-state index contributed by atoms with van der Waals surface area (Å²) in [6.45, 7) is 11.0. The number of aryl methyl sites for hydroxylation is 2. The van der Waals surface area contributed by atoms with Crippen molar-refractivity contribution in [3.63, 3.8) is 0 Å². The summed E-state index contributed by atoms with van der Waals surface area (Å²) in [4.78, 5) is 0. The van der Waals surface area contributed by atoms with Crippen LogP contribution in [0.1, 0.15) is 56.3 Å². The maximum atomic E-state index is 10.1. The number of hydrogen-bond acceptors (Lipinski definition) is 2. The van der Waals surface area contributed by atoms with E-state index >= 15 is 0 Å². The van der Waals surface area contributed by atoms with Crippen LogP contribution in [-0.4, -0.2) is 17.3 Å². The van der Waals surface area contributed by atoms with Crippen molar-refractivity contribution in [2.24, 2.45) is 0 Å². The van der Waals surface area contributed by atoms with E-state index in [0.717, 1.165) is 12.8 Å². The highest BCUT2D eigenvalue weighted by Crippen LogP contribution is 2.18. The minimum absolute atomic E-state index is 0.271. The zero-order valence-corrected chi connectivity index (χ0v) is 12.4. The molecular weight excluding hydrogens is 222 g/mol. The van der Waals surface area contributed by atoms with E-state index in [1.54, 1.807) is 0 Å². The van der Waals surface area contributed by atoms with Gasteiger partial charge in [0.1, 0.15) is 0 Å². The van der Waals surface area contributed by atoms with E-state index in [-0.39, 0.29) is 6.04 Å². The van der Waals surface area contributed by atoms with Gasteiger partial charge in [-0.15, -0.1) is 0 Å². The Morgan fingerprint density at radius 1 is 1.28 bits per heavy atom. The van der Waals surface area contributed by atoms with Gasteiger partial charge in [0.2, 0.25) is 0 Å². The molecule has 0 bridgehead atoms. The molecule has 18 heavy (non-hydrogen) atoms. The molecule has 0 spiro atoms. The molecule has 0 aromatic heterocycles. The van der Waals surface area contributed by atoms with Gasteiger partial charge in [-0.1, -0.05) is 31.5 Å². The molecule has 2 unspecified atom stereocenters. The summed E-state index contributed by atoms with van der Waals surface area (Å²) in [5.74, 6) is 0. The molecular formula is C16H27NO. The van der Waals surface area contributed by atoms with E-state index in [1.807, 2.05) is 6.92 Å². The highest BCUT2D eigenvalue weighted by molar-refractivity contribution is 5.31. The minimum Gasteiger partial charge on any atom is -0.389 e. The third-order valence-corrected chi connectivity index (χ3v) is 3.61. The SMILES string of the molecule is CCCC(C)(O)CNC(C)c1ccc(C)c(C)c1. The standard InChI is InChI=1S/C16H27NO/c1-6-9-16(5,18)11-17-14(4)15-8-7-12(2)13(3)10-15/h7-8,10,14,17-18H,6,9,11H2,1-5H3. The van der Waals surface area contributed by atoms with E-state index in [4.69, 9.17) is 0 Å². The molecule has 2 atom stereocenters. The molecule has 102 valence electrons. The topological polar surface area (TPSA) is 32.3 Å². The van der Waals surface area contributed by atoms with Crippen LogP contribution in [0.25, 0.3) is 0 Å². The lowest BCUT2D eigenvalue weighted by atomic mass is 9.98. The fourth-order valence-electron chi connectivity index (χ4n) is 2.15. The van der Waals surface area contributed by atoms with Gasteiger partial charge in [-0.2, -0.15) is 0 Å². The molecule has 0 amide bonds.